The standard InChI is InChI=1S/C28H44O6/c1-15(2)26(33)34-18-10-11-27(4)17(12-18)13-22(29)25-20-8-7-19(16(3)6-9-24(31)32)28(20,5)23(30)14-21(25)27/h16-23,25,29-30H,1,6-14H2,2-5H3,(H,31,32)/t16?,17-,18-,19?,20?,21?,22-,23+,25?,27+,28-/m1/s1. The summed E-state index contributed by atoms with van der Waals surface area (Å²) in [5.41, 5.74) is 0.156. The Morgan fingerprint density at radius 1 is 1.09 bits per heavy atom. The van der Waals surface area contributed by atoms with Gasteiger partial charge >= 0.3 is 11.9 Å². The third-order valence-electron chi connectivity index (χ3n) is 10.9. The summed E-state index contributed by atoms with van der Waals surface area (Å²) < 4.78 is 5.69. The Hall–Kier alpha value is -1.40. The van der Waals surface area contributed by atoms with E-state index in [0.717, 1.165) is 38.5 Å². The van der Waals surface area contributed by atoms with Crippen molar-refractivity contribution in [3.63, 3.8) is 0 Å². The predicted octanol–water partition coefficient (Wildman–Crippen LogP) is 4.58. The molecule has 0 spiro atoms. The number of aliphatic hydroxyl groups excluding tert-OH is 2. The molecule has 4 aliphatic carbocycles. The van der Waals surface area contributed by atoms with Crippen LogP contribution < -0.4 is 0 Å². The molecule has 0 aromatic rings. The third-order valence-corrected chi connectivity index (χ3v) is 10.9. The van der Waals surface area contributed by atoms with E-state index in [1.807, 2.05) is 0 Å². The smallest absolute Gasteiger partial charge is 0.333 e. The Morgan fingerprint density at radius 2 is 1.79 bits per heavy atom. The molecule has 34 heavy (non-hydrogen) atoms. The maximum Gasteiger partial charge on any atom is 0.333 e. The van der Waals surface area contributed by atoms with E-state index >= 15 is 0 Å². The summed E-state index contributed by atoms with van der Waals surface area (Å²) in [4.78, 5) is 23.2. The largest absolute Gasteiger partial charge is 0.481 e. The molecule has 4 aliphatic rings. The highest BCUT2D eigenvalue weighted by Crippen LogP contribution is 2.68. The average Bonchev–Trinajstić information content (AvgIpc) is 3.12. The number of esters is 1. The molecule has 0 radical (unpaired) electrons. The average molecular weight is 477 g/mol. The Labute approximate surface area is 204 Å². The lowest BCUT2D eigenvalue weighted by Crippen LogP contribution is -2.62. The van der Waals surface area contributed by atoms with E-state index in [9.17, 15) is 19.8 Å². The first-order chi connectivity index (χ1) is 15.9. The monoisotopic (exact) mass is 476 g/mol. The topological polar surface area (TPSA) is 104 Å². The van der Waals surface area contributed by atoms with Crippen molar-refractivity contribution >= 4 is 11.9 Å². The van der Waals surface area contributed by atoms with Crippen LogP contribution in [0.25, 0.3) is 0 Å². The van der Waals surface area contributed by atoms with E-state index in [1.54, 1.807) is 6.92 Å². The molecule has 0 bridgehead atoms. The van der Waals surface area contributed by atoms with Gasteiger partial charge in [0.25, 0.3) is 0 Å². The van der Waals surface area contributed by atoms with Gasteiger partial charge in [0.15, 0.2) is 0 Å². The summed E-state index contributed by atoms with van der Waals surface area (Å²) in [6.45, 7) is 12.1. The van der Waals surface area contributed by atoms with Crippen LogP contribution >= 0.6 is 0 Å². The Bertz CT molecular complexity index is 824. The zero-order chi connectivity index (χ0) is 25.0. The van der Waals surface area contributed by atoms with Crippen LogP contribution in [0.4, 0.5) is 0 Å². The SMILES string of the molecule is C=C(C)C(=O)O[C@@H]1CC[C@]2(C)C3C[C@H](O)[C@]4(C)C(C(C)CCC(=O)O)CCC4C3[C@H](O)C[C@H]2C1. The van der Waals surface area contributed by atoms with Crippen LogP contribution in [-0.2, 0) is 14.3 Å². The van der Waals surface area contributed by atoms with E-state index < -0.39 is 18.2 Å². The van der Waals surface area contributed by atoms with Gasteiger partial charge in [-0.15, -0.1) is 0 Å². The summed E-state index contributed by atoms with van der Waals surface area (Å²) in [6.07, 6.45) is 5.74. The number of ether oxygens (including phenoxy) is 1. The first kappa shape index (κ1) is 25.7. The molecule has 4 saturated carbocycles. The summed E-state index contributed by atoms with van der Waals surface area (Å²) in [7, 11) is 0. The van der Waals surface area contributed by atoms with Crippen molar-refractivity contribution in [2.75, 3.05) is 0 Å². The molecule has 6 heteroatoms. The lowest BCUT2D eigenvalue weighted by atomic mass is 9.43. The van der Waals surface area contributed by atoms with Gasteiger partial charge in [-0.05, 0) is 105 Å². The van der Waals surface area contributed by atoms with Gasteiger partial charge in [-0.25, -0.2) is 4.79 Å². The van der Waals surface area contributed by atoms with Gasteiger partial charge in [0.1, 0.15) is 6.10 Å². The van der Waals surface area contributed by atoms with Crippen LogP contribution in [0.1, 0.15) is 85.5 Å². The molecule has 0 aliphatic heterocycles. The molecule has 6 nitrogen and oxygen atoms in total. The minimum atomic E-state index is -0.762. The van der Waals surface area contributed by atoms with Crippen molar-refractivity contribution in [2.24, 2.45) is 46.3 Å². The number of hydrogen-bond donors (Lipinski definition) is 3. The van der Waals surface area contributed by atoms with E-state index in [0.29, 0.717) is 18.4 Å². The van der Waals surface area contributed by atoms with E-state index in [4.69, 9.17) is 9.84 Å². The summed E-state index contributed by atoms with van der Waals surface area (Å²) in [5, 5.41) is 32.3. The van der Waals surface area contributed by atoms with Gasteiger partial charge < -0.3 is 20.1 Å². The molecule has 5 unspecified atom stereocenters. The summed E-state index contributed by atoms with van der Waals surface area (Å²) in [5.74, 6) is 0.361. The van der Waals surface area contributed by atoms with Crippen molar-refractivity contribution in [2.45, 2.75) is 104 Å². The lowest BCUT2D eigenvalue weighted by molar-refractivity contribution is -0.209. The molecule has 3 N–H and O–H groups in total. The Kier molecular flexibility index (Phi) is 6.98. The van der Waals surface area contributed by atoms with Crippen LogP contribution in [-0.4, -0.2) is 45.6 Å². The molecular formula is C28H44O6. The second-order valence-electron chi connectivity index (χ2n) is 12.6. The molecule has 0 aromatic heterocycles. The highest BCUT2D eigenvalue weighted by Gasteiger charge is 2.65. The fourth-order valence-corrected chi connectivity index (χ4v) is 9.03. The van der Waals surface area contributed by atoms with E-state index in [-0.39, 0.29) is 64.8 Å². The lowest BCUT2D eigenvalue weighted by Gasteiger charge is -2.63. The fraction of sp³-hybridized carbons (Fsp3) is 0.857. The molecular weight excluding hydrogens is 432 g/mol. The third kappa shape index (κ3) is 4.13. The van der Waals surface area contributed by atoms with Crippen molar-refractivity contribution in [3.8, 4) is 0 Å². The second kappa shape index (κ2) is 9.24. The van der Waals surface area contributed by atoms with E-state index in [1.165, 1.54) is 0 Å². The molecule has 4 fully saturated rings. The number of carboxylic acids is 1. The minimum absolute atomic E-state index is 0.0192. The normalized spacial score (nSPS) is 46.5. The number of carboxylic acid groups (broad SMARTS) is 1. The number of carbonyl (C=O) groups excluding carboxylic acids is 1. The number of aliphatic carboxylic acids is 1. The molecule has 4 rings (SSSR count). The maximum atomic E-state index is 12.1. The predicted molar refractivity (Wildman–Crippen MR) is 129 cm³/mol. The first-order valence-electron chi connectivity index (χ1n) is 13.3. The first-order valence-corrected chi connectivity index (χ1v) is 13.3. The van der Waals surface area contributed by atoms with Crippen molar-refractivity contribution < 1.29 is 29.6 Å². The number of hydrogen-bond acceptors (Lipinski definition) is 5. The van der Waals surface area contributed by atoms with E-state index in [2.05, 4.69) is 27.4 Å². The van der Waals surface area contributed by atoms with Gasteiger partial charge in [-0.2, -0.15) is 0 Å². The van der Waals surface area contributed by atoms with Gasteiger partial charge in [0, 0.05) is 12.0 Å². The molecule has 0 aromatic carbocycles. The van der Waals surface area contributed by atoms with Gasteiger partial charge in [-0.1, -0.05) is 27.4 Å². The van der Waals surface area contributed by atoms with Crippen LogP contribution in [0, 0.1) is 46.3 Å². The molecule has 0 amide bonds. The van der Waals surface area contributed by atoms with Gasteiger partial charge in [0.2, 0.25) is 0 Å². The number of rotatable bonds is 6. The van der Waals surface area contributed by atoms with Crippen LogP contribution in [0.2, 0.25) is 0 Å². The summed E-state index contributed by atoms with van der Waals surface area (Å²) in [6, 6.07) is 0. The van der Waals surface area contributed by atoms with Crippen molar-refractivity contribution in [3.05, 3.63) is 12.2 Å². The minimum Gasteiger partial charge on any atom is -0.481 e. The Balaban J connectivity index is 1.54. The molecule has 0 saturated heterocycles. The molecule has 0 heterocycles. The number of aliphatic hydroxyl groups is 2. The van der Waals surface area contributed by atoms with Crippen LogP contribution in [0.3, 0.4) is 0 Å². The number of carbonyl (C=O) groups is 2. The maximum absolute atomic E-state index is 12.1. The van der Waals surface area contributed by atoms with Gasteiger partial charge in [0.05, 0.1) is 12.2 Å². The zero-order valence-corrected chi connectivity index (χ0v) is 21.3. The zero-order valence-electron chi connectivity index (χ0n) is 21.3. The van der Waals surface area contributed by atoms with Crippen molar-refractivity contribution in [1.29, 1.82) is 0 Å². The number of fused-ring (bicyclic) bond motifs is 5. The summed E-state index contributed by atoms with van der Waals surface area (Å²) >= 11 is 0. The highest BCUT2D eigenvalue weighted by atomic mass is 16.5. The van der Waals surface area contributed by atoms with Crippen molar-refractivity contribution in [1.82, 2.24) is 0 Å². The molecule has 11 atom stereocenters. The van der Waals surface area contributed by atoms with Crippen LogP contribution in [0.5, 0.6) is 0 Å². The van der Waals surface area contributed by atoms with Gasteiger partial charge in [-0.3, -0.25) is 4.79 Å². The highest BCUT2D eigenvalue weighted by molar-refractivity contribution is 5.87. The van der Waals surface area contributed by atoms with Crippen LogP contribution in [0.15, 0.2) is 12.2 Å². The Morgan fingerprint density at radius 3 is 2.44 bits per heavy atom. The molecule has 192 valence electrons. The quantitative estimate of drug-likeness (QED) is 0.383. The fourth-order valence-electron chi connectivity index (χ4n) is 9.03. The second-order valence-corrected chi connectivity index (χ2v) is 12.6.